The van der Waals surface area contributed by atoms with E-state index in [2.05, 4.69) is 5.32 Å². The van der Waals surface area contributed by atoms with E-state index in [1.54, 1.807) is 27.7 Å². The first-order valence-electron chi connectivity index (χ1n) is 6.11. The van der Waals surface area contributed by atoms with Gasteiger partial charge in [-0.3, -0.25) is 4.79 Å². The lowest BCUT2D eigenvalue weighted by Gasteiger charge is -2.19. The van der Waals surface area contributed by atoms with Crippen LogP contribution in [0.25, 0.3) is 0 Å². The Bertz CT molecular complexity index is 498. The van der Waals surface area contributed by atoms with Gasteiger partial charge in [-0.05, 0) is 45.4 Å². The van der Waals surface area contributed by atoms with Crippen molar-refractivity contribution in [2.45, 2.75) is 33.3 Å². The van der Waals surface area contributed by atoms with Crippen molar-refractivity contribution in [3.8, 4) is 0 Å². The first-order valence-corrected chi connectivity index (χ1v) is 6.11. The van der Waals surface area contributed by atoms with E-state index in [1.807, 2.05) is 0 Å². The molecule has 2 N–H and O–H groups in total. The van der Waals surface area contributed by atoms with Gasteiger partial charge in [0.05, 0.1) is 0 Å². The smallest absolute Gasteiger partial charge is 0.408 e. The molecule has 21 heavy (non-hydrogen) atoms. The molecular weight excluding hydrogens is 284 g/mol. The van der Waals surface area contributed by atoms with Crippen LogP contribution >= 0.6 is 0 Å². The fraction of sp³-hybridized carbons (Fsp3) is 0.429. The van der Waals surface area contributed by atoms with Gasteiger partial charge < -0.3 is 15.2 Å². The second kappa shape index (κ2) is 8.18. The van der Waals surface area contributed by atoms with Crippen molar-refractivity contribution in [3.63, 3.8) is 0 Å². The van der Waals surface area contributed by atoms with Crippen LogP contribution in [0, 0.1) is 18.6 Å². The standard InChI is InChI=1S/C7H6F2.C7H13NO4/c1-5-2-3-6(8)7(9)4-5;1-7(2,3)12-6(11)8-4-5(9)10/h2-4H,1H3;4H2,1-3H3,(H,8,11)(H,9,10). The summed E-state index contributed by atoms with van der Waals surface area (Å²) < 4.78 is 29.1. The molecule has 0 radical (unpaired) electrons. The molecule has 0 fully saturated rings. The number of benzene rings is 1. The molecule has 0 bridgehead atoms. The van der Waals surface area contributed by atoms with Crippen molar-refractivity contribution in [2.24, 2.45) is 0 Å². The topological polar surface area (TPSA) is 75.6 Å². The molecule has 1 rings (SSSR count). The highest BCUT2D eigenvalue weighted by molar-refractivity contribution is 5.76. The Morgan fingerprint density at radius 2 is 1.81 bits per heavy atom. The first-order chi connectivity index (χ1) is 9.51. The highest BCUT2D eigenvalue weighted by atomic mass is 19.2. The summed E-state index contributed by atoms with van der Waals surface area (Å²) in [7, 11) is 0. The van der Waals surface area contributed by atoms with Gasteiger partial charge in [0, 0.05) is 0 Å². The minimum absolute atomic E-state index is 0.422. The summed E-state index contributed by atoms with van der Waals surface area (Å²) in [4.78, 5) is 20.8. The van der Waals surface area contributed by atoms with Crippen molar-refractivity contribution < 1.29 is 28.2 Å². The lowest BCUT2D eigenvalue weighted by molar-refractivity contribution is -0.136. The van der Waals surface area contributed by atoms with Crippen LogP contribution in [0.3, 0.4) is 0 Å². The zero-order valence-corrected chi connectivity index (χ0v) is 12.4. The Kier molecular flexibility index (Phi) is 7.33. The number of carboxylic acid groups (broad SMARTS) is 1. The van der Waals surface area contributed by atoms with E-state index >= 15 is 0 Å². The summed E-state index contributed by atoms with van der Waals surface area (Å²) in [6.07, 6.45) is -0.718. The number of rotatable bonds is 2. The monoisotopic (exact) mass is 303 g/mol. The average Bonchev–Trinajstić information content (AvgIpc) is 2.30. The fourth-order valence-electron chi connectivity index (χ4n) is 1.06. The summed E-state index contributed by atoms with van der Waals surface area (Å²) in [5.74, 6) is -2.67. The van der Waals surface area contributed by atoms with Crippen LogP contribution in [0.4, 0.5) is 13.6 Å². The van der Waals surface area contributed by atoms with E-state index in [-0.39, 0.29) is 0 Å². The number of carbonyl (C=O) groups is 2. The summed E-state index contributed by atoms with van der Waals surface area (Å²) in [6, 6.07) is 3.80. The van der Waals surface area contributed by atoms with Crippen molar-refractivity contribution in [1.82, 2.24) is 5.32 Å². The van der Waals surface area contributed by atoms with Crippen molar-refractivity contribution in [2.75, 3.05) is 6.54 Å². The molecule has 1 aromatic rings. The minimum atomic E-state index is -1.10. The van der Waals surface area contributed by atoms with E-state index in [9.17, 15) is 18.4 Å². The number of carbonyl (C=O) groups excluding carboxylic acids is 1. The third kappa shape index (κ3) is 10.3. The molecule has 0 aliphatic rings. The molecular formula is C14H19F2NO4. The van der Waals surface area contributed by atoms with E-state index in [0.29, 0.717) is 0 Å². The predicted molar refractivity (Wildman–Crippen MR) is 73.0 cm³/mol. The Morgan fingerprint density at radius 3 is 2.19 bits per heavy atom. The SMILES string of the molecule is CC(C)(C)OC(=O)NCC(=O)O.Cc1ccc(F)c(F)c1. The number of nitrogens with one attached hydrogen (secondary N) is 1. The molecule has 0 unspecified atom stereocenters. The second-order valence-corrected chi connectivity index (χ2v) is 5.17. The van der Waals surface area contributed by atoms with Crippen LogP contribution < -0.4 is 5.32 Å². The van der Waals surface area contributed by atoms with Gasteiger partial charge in [-0.25, -0.2) is 13.6 Å². The maximum Gasteiger partial charge on any atom is 0.408 e. The van der Waals surface area contributed by atoms with Gasteiger partial charge in [-0.1, -0.05) is 6.07 Å². The lowest BCUT2D eigenvalue weighted by Crippen LogP contribution is -2.35. The molecule has 5 nitrogen and oxygen atoms in total. The zero-order chi connectivity index (χ0) is 16.6. The third-order valence-corrected chi connectivity index (χ3v) is 1.86. The van der Waals surface area contributed by atoms with Gasteiger partial charge in [-0.2, -0.15) is 0 Å². The molecule has 1 aromatic carbocycles. The quantitative estimate of drug-likeness (QED) is 0.881. The Labute approximate surface area is 121 Å². The molecule has 0 heterocycles. The van der Waals surface area contributed by atoms with E-state index in [1.165, 1.54) is 6.07 Å². The van der Waals surface area contributed by atoms with Crippen molar-refractivity contribution >= 4 is 12.1 Å². The first kappa shape index (κ1) is 18.8. The summed E-state index contributed by atoms with van der Waals surface area (Å²) in [6.45, 7) is 6.39. The highest BCUT2D eigenvalue weighted by Crippen LogP contribution is 2.06. The van der Waals surface area contributed by atoms with Gasteiger partial charge >= 0.3 is 12.1 Å². The fourth-order valence-corrected chi connectivity index (χ4v) is 1.06. The Hall–Kier alpha value is -2.18. The molecule has 7 heteroatoms. The number of alkyl carbamates (subject to hydrolysis) is 1. The van der Waals surface area contributed by atoms with Gasteiger partial charge in [0.1, 0.15) is 12.1 Å². The average molecular weight is 303 g/mol. The van der Waals surface area contributed by atoms with Crippen LogP contribution in [0.2, 0.25) is 0 Å². The third-order valence-electron chi connectivity index (χ3n) is 1.86. The van der Waals surface area contributed by atoms with Crippen LogP contribution in [-0.4, -0.2) is 29.3 Å². The molecule has 0 aliphatic carbocycles. The maximum atomic E-state index is 12.2. The summed E-state index contributed by atoms with van der Waals surface area (Å²) in [5.41, 5.74) is 0.136. The highest BCUT2D eigenvalue weighted by Gasteiger charge is 2.16. The number of aryl methyl sites for hydroxylation is 1. The molecule has 0 aliphatic heterocycles. The normalized spacial score (nSPS) is 10.2. The summed E-state index contributed by atoms with van der Waals surface area (Å²) >= 11 is 0. The minimum Gasteiger partial charge on any atom is -0.480 e. The number of hydrogen-bond donors (Lipinski definition) is 2. The Morgan fingerprint density at radius 1 is 1.24 bits per heavy atom. The number of carboxylic acids is 1. The number of aliphatic carboxylic acids is 1. The predicted octanol–water partition coefficient (Wildman–Crippen LogP) is 2.87. The molecule has 0 saturated heterocycles. The van der Waals surface area contributed by atoms with Crippen molar-refractivity contribution in [1.29, 1.82) is 0 Å². The maximum absolute atomic E-state index is 12.2. The number of amides is 1. The van der Waals surface area contributed by atoms with Crippen LogP contribution in [-0.2, 0) is 9.53 Å². The van der Waals surface area contributed by atoms with Gasteiger partial charge in [0.2, 0.25) is 0 Å². The van der Waals surface area contributed by atoms with Gasteiger partial charge in [0.25, 0.3) is 0 Å². The zero-order valence-electron chi connectivity index (χ0n) is 12.4. The van der Waals surface area contributed by atoms with Crippen LogP contribution in [0.1, 0.15) is 26.3 Å². The largest absolute Gasteiger partial charge is 0.480 e. The lowest BCUT2D eigenvalue weighted by atomic mass is 10.2. The van der Waals surface area contributed by atoms with Gasteiger partial charge in [-0.15, -0.1) is 0 Å². The van der Waals surface area contributed by atoms with Gasteiger partial charge in [0.15, 0.2) is 11.6 Å². The molecule has 0 spiro atoms. The summed E-state index contributed by atoms with van der Waals surface area (Å²) in [5, 5.41) is 10.3. The molecule has 1 amide bonds. The van der Waals surface area contributed by atoms with E-state index in [0.717, 1.165) is 17.7 Å². The molecule has 0 aromatic heterocycles. The van der Waals surface area contributed by atoms with Crippen LogP contribution in [0.15, 0.2) is 18.2 Å². The molecule has 0 atom stereocenters. The number of hydrogen-bond acceptors (Lipinski definition) is 3. The van der Waals surface area contributed by atoms with Crippen LogP contribution in [0.5, 0.6) is 0 Å². The van der Waals surface area contributed by atoms with Crippen molar-refractivity contribution in [3.05, 3.63) is 35.4 Å². The van der Waals surface area contributed by atoms with E-state index < -0.39 is 35.8 Å². The second-order valence-electron chi connectivity index (χ2n) is 5.17. The molecule has 118 valence electrons. The number of halogens is 2. The Balaban J connectivity index is 0.000000394. The number of ether oxygens (including phenoxy) is 1. The molecule has 0 saturated carbocycles. The van der Waals surface area contributed by atoms with E-state index in [4.69, 9.17) is 9.84 Å².